The molecule has 2 nitrogen and oxygen atoms in total. The Bertz CT molecular complexity index is 405. The molecule has 0 atom stereocenters. The summed E-state index contributed by atoms with van der Waals surface area (Å²) in [5, 5.41) is 0.717. The second-order valence-corrected chi connectivity index (χ2v) is 3.15. The maximum Gasteiger partial charge on any atom is 0.284 e. The fourth-order valence-electron chi connectivity index (χ4n) is 1.14. The van der Waals surface area contributed by atoms with Gasteiger partial charge in [0.25, 0.3) is 6.39 Å². The molecule has 0 saturated carbocycles. The van der Waals surface area contributed by atoms with Crippen LogP contribution in [0.4, 0.5) is 0 Å². The molecule has 0 aliphatic rings. The van der Waals surface area contributed by atoms with Crippen molar-refractivity contribution in [1.29, 1.82) is 0 Å². The number of hydrogen-bond donors (Lipinski definition) is 0. The lowest BCUT2D eigenvalue weighted by Gasteiger charge is -1.96. The average Bonchev–Trinajstić information content (AvgIpc) is 2.53. The zero-order chi connectivity index (χ0) is 9.26. The van der Waals surface area contributed by atoms with E-state index in [9.17, 15) is 0 Å². The van der Waals surface area contributed by atoms with Crippen molar-refractivity contribution in [3.05, 3.63) is 41.4 Å². The molecule has 0 unspecified atom stereocenters. The summed E-state index contributed by atoms with van der Waals surface area (Å²) in [6.07, 6.45) is 2.45. The minimum Gasteiger partial charge on any atom is -0.437 e. The molecule has 0 aliphatic heterocycles. The van der Waals surface area contributed by atoms with Crippen molar-refractivity contribution in [1.82, 2.24) is 4.98 Å². The summed E-state index contributed by atoms with van der Waals surface area (Å²) in [5.74, 6) is 0.766. The lowest BCUT2D eigenvalue weighted by atomic mass is 10.1. The summed E-state index contributed by atoms with van der Waals surface area (Å²) in [6.45, 7) is 1.85. The lowest BCUT2D eigenvalue weighted by Crippen LogP contribution is -1.79. The van der Waals surface area contributed by atoms with Gasteiger partial charge in [0, 0.05) is 10.6 Å². The molecular formula is C10H7ClNO. The highest BCUT2D eigenvalue weighted by Gasteiger charge is 2.05. The van der Waals surface area contributed by atoms with Crippen LogP contribution in [0.25, 0.3) is 11.3 Å². The standard InChI is InChI=1S/C10H7ClNO/c1-7-10(12-6-13-7)8-2-4-9(11)5-3-8/h2-5H,1H3. The molecule has 0 aliphatic carbocycles. The molecule has 1 radical (unpaired) electrons. The third-order valence-electron chi connectivity index (χ3n) is 1.81. The van der Waals surface area contributed by atoms with Crippen LogP contribution >= 0.6 is 11.6 Å². The van der Waals surface area contributed by atoms with Crippen LogP contribution in [0.1, 0.15) is 5.76 Å². The van der Waals surface area contributed by atoms with Gasteiger partial charge in [0.1, 0.15) is 11.5 Å². The van der Waals surface area contributed by atoms with Gasteiger partial charge in [-0.25, -0.2) is 4.98 Å². The molecule has 0 saturated heterocycles. The van der Waals surface area contributed by atoms with E-state index in [1.165, 1.54) is 0 Å². The SMILES string of the molecule is Cc1o[c]nc1-c1ccc(Cl)cc1. The zero-order valence-electron chi connectivity index (χ0n) is 7.04. The van der Waals surface area contributed by atoms with Gasteiger partial charge in [0.05, 0.1) is 0 Å². The third kappa shape index (κ3) is 1.58. The van der Waals surface area contributed by atoms with Crippen LogP contribution in [0.15, 0.2) is 28.7 Å². The number of aryl methyl sites for hydroxylation is 1. The summed E-state index contributed by atoms with van der Waals surface area (Å²) >= 11 is 5.76. The first kappa shape index (κ1) is 8.32. The second kappa shape index (κ2) is 3.23. The monoisotopic (exact) mass is 192 g/mol. The van der Waals surface area contributed by atoms with Crippen LogP contribution in [-0.4, -0.2) is 4.98 Å². The maximum atomic E-state index is 5.76. The summed E-state index contributed by atoms with van der Waals surface area (Å²) in [4.78, 5) is 3.98. The van der Waals surface area contributed by atoms with Crippen molar-refractivity contribution in [2.24, 2.45) is 0 Å². The number of hydrogen-bond acceptors (Lipinski definition) is 2. The second-order valence-electron chi connectivity index (χ2n) is 2.72. The molecule has 65 valence electrons. The first-order chi connectivity index (χ1) is 6.27. The highest BCUT2D eigenvalue weighted by atomic mass is 35.5. The molecule has 3 heteroatoms. The van der Waals surface area contributed by atoms with Gasteiger partial charge < -0.3 is 4.42 Å². The normalized spacial score (nSPS) is 10.3. The maximum absolute atomic E-state index is 5.76. The van der Waals surface area contributed by atoms with Gasteiger partial charge in [0.2, 0.25) is 0 Å². The number of oxazole rings is 1. The Morgan fingerprint density at radius 1 is 1.31 bits per heavy atom. The summed E-state index contributed by atoms with van der Waals surface area (Å²) in [6, 6.07) is 7.46. The Morgan fingerprint density at radius 2 is 2.00 bits per heavy atom. The number of rotatable bonds is 1. The van der Waals surface area contributed by atoms with Crippen molar-refractivity contribution < 1.29 is 4.42 Å². The van der Waals surface area contributed by atoms with Crippen molar-refractivity contribution in [2.75, 3.05) is 0 Å². The number of aromatic nitrogens is 1. The quantitative estimate of drug-likeness (QED) is 0.694. The molecule has 1 aromatic heterocycles. The third-order valence-corrected chi connectivity index (χ3v) is 2.06. The van der Waals surface area contributed by atoms with Gasteiger partial charge in [-0.1, -0.05) is 23.7 Å². The van der Waals surface area contributed by atoms with Gasteiger partial charge in [-0.05, 0) is 19.1 Å². The smallest absolute Gasteiger partial charge is 0.284 e. The molecule has 2 rings (SSSR count). The van der Waals surface area contributed by atoms with Crippen molar-refractivity contribution in [3.63, 3.8) is 0 Å². The van der Waals surface area contributed by atoms with Gasteiger partial charge in [0.15, 0.2) is 0 Å². The Kier molecular flexibility index (Phi) is 2.07. The predicted octanol–water partition coefficient (Wildman–Crippen LogP) is 3.10. The summed E-state index contributed by atoms with van der Waals surface area (Å²) < 4.78 is 4.98. The van der Waals surface area contributed by atoms with Gasteiger partial charge >= 0.3 is 0 Å². The van der Waals surface area contributed by atoms with E-state index in [-0.39, 0.29) is 0 Å². The van der Waals surface area contributed by atoms with Crippen LogP contribution in [-0.2, 0) is 0 Å². The highest BCUT2D eigenvalue weighted by molar-refractivity contribution is 6.30. The van der Waals surface area contributed by atoms with E-state index in [2.05, 4.69) is 11.4 Å². The zero-order valence-corrected chi connectivity index (χ0v) is 7.80. The minimum atomic E-state index is 0.717. The Hall–Kier alpha value is -1.28. The fraction of sp³-hybridized carbons (Fsp3) is 0.100. The van der Waals surface area contributed by atoms with E-state index in [0.717, 1.165) is 17.0 Å². The number of nitrogens with zero attached hydrogens (tertiary/aromatic N) is 1. The predicted molar refractivity (Wildman–Crippen MR) is 50.5 cm³/mol. The van der Waals surface area contributed by atoms with E-state index in [1.807, 2.05) is 31.2 Å². The van der Waals surface area contributed by atoms with E-state index < -0.39 is 0 Å². The fourth-order valence-corrected chi connectivity index (χ4v) is 1.27. The highest BCUT2D eigenvalue weighted by Crippen LogP contribution is 2.22. The molecule has 0 fully saturated rings. The Labute approximate surface area is 81.2 Å². The van der Waals surface area contributed by atoms with E-state index in [1.54, 1.807) is 0 Å². The molecule has 1 heterocycles. The Balaban J connectivity index is 2.47. The molecule has 0 bridgehead atoms. The summed E-state index contributed by atoms with van der Waals surface area (Å²) in [7, 11) is 0. The molecular weight excluding hydrogens is 186 g/mol. The first-order valence-corrected chi connectivity index (χ1v) is 4.24. The van der Waals surface area contributed by atoms with Crippen LogP contribution in [0.2, 0.25) is 5.02 Å². The van der Waals surface area contributed by atoms with Crippen LogP contribution in [0.3, 0.4) is 0 Å². The number of benzene rings is 1. The van der Waals surface area contributed by atoms with Crippen LogP contribution in [0, 0.1) is 13.3 Å². The molecule has 0 amide bonds. The van der Waals surface area contributed by atoms with E-state index in [4.69, 9.17) is 16.0 Å². The van der Waals surface area contributed by atoms with Crippen LogP contribution < -0.4 is 0 Å². The lowest BCUT2D eigenvalue weighted by molar-refractivity contribution is 0.518. The van der Waals surface area contributed by atoms with Gasteiger partial charge in [-0.15, -0.1) is 0 Å². The molecule has 0 N–H and O–H groups in total. The molecule has 2 aromatic rings. The topological polar surface area (TPSA) is 26.0 Å². The minimum absolute atomic E-state index is 0.717. The first-order valence-electron chi connectivity index (χ1n) is 3.87. The van der Waals surface area contributed by atoms with Crippen molar-refractivity contribution >= 4 is 11.6 Å². The van der Waals surface area contributed by atoms with Gasteiger partial charge in [-0.2, -0.15) is 0 Å². The van der Waals surface area contributed by atoms with Crippen molar-refractivity contribution in [3.8, 4) is 11.3 Å². The number of halogens is 1. The molecule has 0 spiro atoms. The van der Waals surface area contributed by atoms with Crippen molar-refractivity contribution in [2.45, 2.75) is 6.92 Å². The molecule has 13 heavy (non-hydrogen) atoms. The Morgan fingerprint density at radius 3 is 2.54 bits per heavy atom. The summed E-state index contributed by atoms with van der Waals surface area (Å²) in [5.41, 5.74) is 1.81. The van der Waals surface area contributed by atoms with E-state index in [0.29, 0.717) is 5.02 Å². The largest absolute Gasteiger partial charge is 0.437 e. The van der Waals surface area contributed by atoms with E-state index >= 15 is 0 Å². The van der Waals surface area contributed by atoms with Crippen LogP contribution in [0.5, 0.6) is 0 Å². The van der Waals surface area contributed by atoms with Gasteiger partial charge in [-0.3, -0.25) is 0 Å². The molecule has 1 aromatic carbocycles. The average molecular weight is 193 g/mol.